The Balaban J connectivity index is 0.00000180. The fourth-order valence-electron chi connectivity index (χ4n) is 1.19. The van der Waals surface area contributed by atoms with E-state index in [0.717, 1.165) is 19.5 Å². The molecule has 0 atom stereocenters. The zero-order valence-corrected chi connectivity index (χ0v) is 13.2. The van der Waals surface area contributed by atoms with E-state index >= 15 is 0 Å². The summed E-state index contributed by atoms with van der Waals surface area (Å²) in [5.41, 5.74) is 0.789. The van der Waals surface area contributed by atoms with Crippen LogP contribution in [0.4, 0.5) is 5.69 Å². The van der Waals surface area contributed by atoms with Crippen molar-refractivity contribution in [2.24, 2.45) is 0 Å². The third-order valence-corrected chi connectivity index (χ3v) is 4.46. The van der Waals surface area contributed by atoms with Crippen molar-refractivity contribution >= 4 is 50.6 Å². The van der Waals surface area contributed by atoms with Crippen LogP contribution in [0.15, 0.2) is 33.1 Å². The fraction of sp³-hybridized carbons (Fsp3) is 0.182. The number of anilines is 1. The Morgan fingerprint density at radius 3 is 2.63 bits per heavy atom. The molecule has 1 aromatic heterocycles. The van der Waals surface area contributed by atoms with E-state index in [1.807, 2.05) is 31.2 Å². The van der Waals surface area contributed by atoms with Crippen LogP contribution in [0.25, 0.3) is 0 Å². The summed E-state index contributed by atoms with van der Waals surface area (Å²) >= 11 is 6.23. The number of rotatable bonds is 4. The van der Waals surface area contributed by atoms with E-state index in [1.165, 1.54) is 23.1 Å². The predicted molar refractivity (Wildman–Crippen MR) is 81.8 cm³/mol. The van der Waals surface area contributed by atoms with Crippen molar-refractivity contribution in [3.05, 3.63) is 33.7 Å². The maximum Gasteiger partial charge on any atom is 0.234 e. The van der Waals surface area contributed by atoms with Crippen molar-refractivity contribution in [2.45, 2.75) is 11.3 Å². The van der Waals surface area contributed by atoms with Crippen LogP contribution >= 0.6 is 39.0 Å². The quantitative estimate of drug-likeness (QED) is 0.847. The van der Waals surface area contributed by atoms with Gasteiger partial charge in [0.05, 0.1) is 5.75 Å². The number of thioether (sulfide) groups is 1. The first-order valence-electron chi connectivity index (χ1n) is 5.12. The minimum atomic E-state index is -0.0461. The lowest BCUT2D eigenvalue weighted by molar-refractivity contribution is -0.113. The van der Waals surface area contributed by atoms with Gasteiger partial charge in [-0.3, -0.25) is 4.79 Å². The maximum atomic E-state index is 11.7. The van der Waals surface area contributed by atoms with Gasteiger partial charge in [0.15, 0.2) is 4.34 Å². The van der Waals surface area contributed by atoms with Crippen molar-refractivity contribution in [1.29, 1.82) is 0 Å². The normalized spacial score (nSPS) is 9.79. The van der Waals surface area contributed by atoms with E-state index in [1.54, 1.807) is 0 Å². The highest BCUT2D eigenvalue weighted by molar-refractivity contribution is 9.10. The largest absolute Gasteiger partial charge is 0.412 e. The number of benzene rings is 1. The molecule has 2 rings (SSSR count). The van der Waals surface area contributed by atoms with Gasteiger partial charge in [-0.1, -0.05) is 39.0 Å². The highest BCUT2D eigenvalue weighted by Gasteiger charge is 2.06. The van der Waals surface area contributed by atoms with Crippen LogP contribution in [0, 0.1) is 6.92 Å². The lowest BCUT2D eigenvalue weighted by Crippen LogP contribution is -2.13. The summed E-state index contributed by atoms with van der Waals surface area (Å²) in [5, 5.41) is 11.6. The molecule has 0 aliphatic rings. The summed E-state index contributed by atoms with van der Waals surface area (Å²) in [4.78, 5) is 11.7. The van der Waals surface area contributed by atoms with Crippen molar-refractivity contribution in [2.75, 3.05) is 11.1 Å². The molecule has 1 amide bonds. The van der Waals surface area contributed by atoms with Crippen LogP contribution in [-0.4, -0.2) is 27.3 Å². The van der Waals surface area contributed by atoms with Gasteiger partial charge in [-0.2, -0.15) is 0 Å². The smallest absolute Gasteiger partial charge is 0.234 e. The molecule has 0 unspecified atom stereocenters. The molecule has 0 bridgehead atoms. The average molecular weight is 362 g/mol. The number of halogens is 1. The van der Waals surface area contributed by atoms with E-state index in [-0.39, 0.29) is 11.4 Å². The summed E-state index contributed by atoms with van der Waals surface area (Å²) < 4.78 is 1.80. The average Bonchev–Trinajstić information content (AvgIpc) is 2.76. The number of nitrogens with zero attached hydrogens (tertiary/aromatic N) is 2. The molecule has 0 aliphatic heterocycles. The molecule has 0 saturated carbocycles. The number of amides is 1. The Kier molecular flexibility index (Phi) is 6.43. The standard InChI is InChI=1S/C11H10BrN3OS2.H2O/c1-7-14-15-11(18-7)17-6-10(16)13-9-4-2-8(12)3-5-9;/h2-5H,6H2,1H3,(H,13,16);1H2. The highest BCUT2D eigenvalue weighted by Crippen LogP contribution is 2.22. The minimum Gasteiger partial charge on any atom is -0.412 e. The lowest BCUT2D eigenvalue weighted by Gasteiger charge is -2.03. The molecule has 2 aromatic rings. The molecule has 1 aromatic carbocycles. The number of hydrogen-bond donors (Lipinski definition) is 1. The van der Waals surface area contributed by atoms with E-state index < -0.39 is 0 Å². The van der Waals surface area contributed by atoms with Gasteiger partial charge in [0.1, 0.15) is 5.01 Å². The molecule has 3 N–H and O–H groups in total. The van der Waals surface area contributed by atoms with Crippen LogP contribution in [0.2, 0.25) is 0 Å². The van der Waals surface area contributed by atoms with Gasteiger partial charge in [-0.05, 0) is 31.2 Å². The molecule has 0 fully saturated rings. The Labute approximate surface area is 127 Å². The SMILES string of the molecule is Cc1nnc(SCC(=O)Nc2ccc(Br)cc2)s1.O. The van der Waals surface area contributed by atoms with E-state index in [4.69, 9.17) is 0 Å². The second-order valence-corrected chi connectivity index (χ2v) is 6.75. The van der Waals surface area contributed by atoms with Crippen LogP contribution in [0.1, 0.15) is 5.01 Å². The molecule has 19 heavy (non-hydrogen) atoms. The molecule has 8 heteroatoms. The minimum absolute atomic E-state index is 0. The molecule has 0 saturated heterocycles. The number of aryl methyl sites for hydroxylation is 1. The Hall–Kier alpha value is -0.960. The van der Waals surface area contributed by atoms with Crippen LogP contribution in [0.3, 0.4) is 0 Å². The molecular weight excluding hydrogens is 350 g/mol. The number of carbonyl (C=O) groups is 1. The van der Waals surface area contributed by atoms with Crippen molar-refractivity contribution < 1.29 is 10.3 Å². The van der Waals surface area contributed by atoms with Gasteiger partial charge in [-0.25, -0.2) is 0 Å². The first kappa shape index (κ1) is 16.1. The summed E-state index contributed by atoms with van der Waals surface area (Å²) in [6.45, 7) is 1.89. The highest BCUT2D eigenvalue weighted by atomic mass is 79.9. The zero-order valence-electron chi connectivity index (χ0n) is 10.0. The molecule has 0 radical (unpaired) electrons. The Morgan fingerprint density at radius 1 is 1.37 bits per heavy atom. The maximum absolute atomic E-state index is 11.7. The van der Waals surface area contributed by atoms with Gasteiger partial charge < -0.3 is 10.8 Å². The first-order chi connectivity index (χ1) is 8.63. The van der Waals surface area contributed by atoms with Gasteiger partial charge in [0.25, 0.3) is 0 Å². The third-order valence-electron chi connectivity index (χ3n) is 1.96. The molecule has 0 spiro atoms. The second-order valence-electron chi connectivity index (χ2n) is 3.43. The summed E-state index contributed by atoms with van der Waals surface area (Å²) in [6.07, 6.45) is 0. The topological polar surface area (TPSA) is 86.4 Å². The molecule has 5 nitrogen and oxygen atoms in total. The van der Waals surface area contributed by atoms with Crippen molar-refractivity contribution in [1.82, 2.24) is 10.2 Å². The summed E-state index contributed by atoms with van der Waals surface area (Å²) in [5.74, 6) is 0.292. The Morgan fingerprint density at radius 2 is 2.05 bits per heavy atom. The van der Waals surface area contributed by atoms with E-state index in [2.05, 4.69) is 31.4 Å². The first-order valence-corrected chi connectivity index (χ1v) is 7.71. The zero-order chi connectivity index (χ0) is 13.0. The second kappa shape index (κ2) is 7.59. The van der Waals surface area contributed by atoms with Gasteiger partial charge in [-0.15, -0.1) is 10.2 Å². The molecule has 0 aliphatic carbocycles. The van der Waals surface area contributed by atoms with E-state index in [9.17, 15) is 4.79 Å². The van der Waals surface area contributed by atoms with E-state index in [0.29, 0.717) is 5.75 Å². The summed E-state index contributed by atoms with van der Waals surface area (Å²) in [6, 6.07) is 7.47. The van der Waals surface area contributed by atoms with Crippen molar-refractivity contribution in [3.8, 4) is 0 Å². The van der Waals surface area contributed by atoms with Crippen LogP contribution in [-0.2, 0) is 4.79 Å². The van der Waals surface area contributed by atoms with Crippen LogP contribution in [0.5, 0.6) is 0 Å². The molecular formula is C11H12BrN3O2S2. The van der Waals surface area contributed by atoms with Gasteiger partial charge in [0, 0.05) is 10.2 Å². The number of hydrogen-bond acceptors (Lipinski definition) is 5. The lowest BCUT2D eigenvalue weighted by atomic mass is 10.3. The number of carbonyl (C=O) groups excluding carboxylic acids is 1. The van der Waals surface area contributed by atoms with Crippen molar-refractivity contribution in [3.63, 3.8) is 0 Å². The predicted octanol–water partition coefficient (Wildman–Crippen LogP) is 2.52. The number of aromatic nitrogens is 2. The third kappa shape index (κ3) is 5.27. The molecule has 1 heterocycles. The van der Waals surface area contributed by atoms with Crippen LogP contribution < -0.4 is 5.32 Å². The van der Waals surface area contributed by atoms with Gasteiger partial charge in [0.2, 0.25) is 5.91 Å². The fourth-order valence-corrected chi connectivity index (χ4v) is 3.07. The number of nitrogens with one attached hydrogen (secondary N) is 1. The monoisotopic (exact) mass is 361 g/mol. The Bertz CT molecular complexity index is 545. The van der Waals surface area contributed by atoms with Gasteiger partial charge >= 0.3 is 0 Å². The molecule has 102 valence electrons. The summed E-state index contributed by atoms with van der Waals surface area (Å²) in [7, 11) is 0.